The summed E-state index contributed by atoms with van der Waals surface area (Å²) in [5.41, 5.74) is 6.33. The van der Waals surface area contributed by atoms with Gasteiger partial charge in [0.2, 0.25) is 0 Å². The van der Waals surface area contributed by atoms with E-state index in [2.05, 4.69) is 6.58 Å². The summed E-state index contributed by atoms with van der Waals surface area (Å²) in [6.45, 7) is 3.50. The van der Waals surface area contributed by atoms with Crippen molar-refractivity contribution < 1.29 is 24.2 Å². The molecule has 0 radical (unpaired) electrons. The summed E-state index contributed by atoms with van der Waals surface area (Å²) in [4.78, 5) is 22.2. The monoisotopic (exact) mass is 293 g/mol. The molecule has 1 unspecified atom stereocenters. The second-order valence-electron chi connectivity index (χ2n) is 4.48. The van der Waals surface area contributed by atoms with Crippen LogP contribution in [-0.4, -0.2) is 30.2 Å². The van der Waals surface area contributed by atoms with E-state index in [-0.39, 0.29) is 25.0 Å². The van der Waals surface area contributed by atoms with Gasteiger partial charge in [0.25, 0.3) is 0 Å². The van der Waals surface area contributed by atoms with Crippen LogP contribution in [0, 0.1) is 0 Å². The second kappa shape index (κ2) is 8.06. The normalized spacial score (nSPS) is 11.5. The van der Waals surface area contributed by atoms with Crippen LogP contribution in [0.15, 0.2) is 36.4 Å². The summed E-state index contributed by atoms with van der Waals surface area (Å²) < 4.78 is 10.1. The number of carbonyl (C=O) groups is 2. The Bertz CT molecular complexity index is 509. The standard InChI is InChI=1S/C15H19NO5/c1-10(15(18)19)13(16)7-8-14(17)21-9-11-3-5-12(20-2)6-4-11/h3-6,13H,1,7-9,16H2,2H3,(H,18,19). The molecule has 0 spiro atoms. The van der Waals surface area contributed by atoms with Crippen molar-refractivity contribution in [2.24, 2.45) is 5.73 Å². The largest absolute Gasteiger partial charge is 0.497 e. The molecule has 0 heterocycles. The molecule has 6 heteroatoms. The Balaban J connectivity index is 2.33. The number of ether oxygens (including phenoxy) is 2. The third-order valence-electron chi connectivity index (χ3n) is 2.94. The molecule has 0 aliphatic heterocycles. The molecule has 0 bridgehead atoms. The molecule has 0 fully saturated rings. The first kappa shape index (κ1) is 16.7. The molecule has 0 saturated heterocycles. The van der Waals surface area contributed by atoms with Crippen LogP contribution >= 0.6 is 0 Å². The number of carbonyl (C=O) groups excluding carboxylic acids is 1. The molecule has 0 saturated carbocycles. The van der Waals surface area contributed by atoms with Crippen LogP contribution in [0.25, 0.3) is 0 Å². The van der Waals surface area contributed by atoms with E-state index in [0.717, 1.165) is 11.3 Å². The lowest BCUT2D eigenvalue weighted by Crippen LogP contribution is -2.27. The third-order valence-corrected chi connectivity index (χ3v) is 2.94. The number of carboxylic acids is 1. The summed E-state index contributed by atoms with van der Waals surface area (Å²) in [7, 11) is 1.57. The first-order chi connectivity index (χ1) is 9.93. The quantitative estimate of drug-likeness (QED) is 0.556. The van der Waals surface area contributed by atoms with Crippen molar-refractivity contribution >= 4 is 11.9 Å². The van der Waals surface area contributed by atoms with Crippen molar-refractivity contribution in [1.29, 1.82) is 0 Å². The van der Waals surface area contributed by atoms with Gasteiger partial charge in [0.15, 0.2) is 0 Å². The van der Waals surface area contributed by atoms with Crippen molar-refractivity contribution in [3.05, 3.63) is 42.0 Å². The van der Waals surface area contributed by atoms with Gasteiger partial charge >= 0.3 is 11.9 Å². The minimum Gasteiger partial charge on any atom is -0.497 e. The number of esters is 1. The minimum absolute atomic E-state index is 0.0453. The van der Waals surface area contributed by atoms with Gasteiger partial charge in [-0.15, -0.1) is 0 Å². The van der Waals surface area contributed by atoms with E-state index in [4.69, 9.17) is 20.3 Å². The van der Waals surface area contributed by atoms with Crippen LogP contribution in [0.3, 0.4) is 0 Å². The zero-order valence-corrected chi connectivity index (χ0v) is 11.9. The van der Waals surface area contributed by atoms with Gasteiger partial charge in [0, 0.05) is 18.0 Å². The predicted octanol–water partition coefficient (Wildman–Crippen LogP) is 1.49. The number of rotatable bonds is 8. The summed E-state index contributed by atoms with van der Waals surface area (Å²) in [5.74, 6) is -0.864. The molecular weight excluding hydrogens is 274 g/mol. The summed E-state index contributed by atoms with van der Waals surface area (Å²) in [5, 5.41) is 8.71. The van der Waals surface area contributed by atoms with E-state index in [1.807, 2.05) is 0 Å². The fourth-order valence-electron chi connectivity index (χ4n) is 1.56. The number of hydrogen-bond donors (Lipinski definition) is 2. The molecule has 0 aromatic heterocycles. The fourth-order valence-corrected chi connectivity index (χ4v) is 1.56. The van der Waals surface area contributed by atoms with Gasteiger partial charge in [-0.3, -0.25) is 4.79 Å². The highest BCUT2D eigenvalue weighted by atomic mass is 16.5. The Kier molecular flexibility index (Phi) is 6.42. The molecule has 1 aromatic carbocycles. The van der Waals surface area contributed by atoms with Crippen molar-refractivity contribution in [2.75, 3.05) is 7.11 Å². The lowest BCUT2D eigenvalue weighted by atomic mass is 10.1. The molecule has 1 rings (SSSR count). The molecule has 6 nitrogen and oxygen atoms in total. The van der Waals surface area contributed by atoms with Gasteiger partial charge in [-0.25, -0.2) is 4.79 Å². The first-order valence-corrected chi connectivity index (χ1v) is 6.40. The van der Waals surface area contributed by atoms with Crippen LogP contribution in [0.4, 0.5) is 0 Å². The topological polar surface area (TPSA) is 98.8 Å². The maximum atomic E-state index is 11.6. The van der Waals surface area contributed by atoms with E-state index in [9.17, 15) is 9.59 Å². The van der Waals surface area contributed by atoms with Crippen LogP contribution in [0.5, 0.6) is 5.75 Å². The number of aliphatic carboxylic acids is 1. The minimum atomic E-state index is -1.16. The number of hydrogen-bond acceptors (Lipinski definition) is 5. The SMILES string of the molecule is C=C(C(=O)O)C(N)CCC(=O)OCc1ccc(OC)cc1. The number of carboxylic acid groups (broad SMARTS) is 1. The number of nitrogens with two attached hydrogens (primary N) is 1. The average Bonchev–Trinajstić information content (AvgIpc) is 2.50. The highest BCUT2D eigenvalue weighted by molar-refractivity contribution is 5.87. The van der Waals surface area contributed by atoms with Crippen molar-refractivity contribution in [3.8, 4) is 5.75 Å². The van der Waals surface area contributed by atoms with Crippen molar-refractivity contribution in [2.45, 2.75) is 25.5 Å². The fraction of sp³-hybridized carbons (Fsp3) is 0.333. The van der Waals surface area contributed by atoms with E-state index < -0.39 is 18.0 Å². The predicted molar refractivity (Wildman–Crippen MR) is 76.8 cm³/mol. The highest BCUT2D eigenvalue weighted by Gasteiger charge is 2.15. The van der Waals surface area contributed by atoms with Crippen molar-refractivity contribution in [3.63, 3.8) is 0 Å². The van der Waals surface area contributed by atoms with Gasteiger partial charge in [-0.05, 0) is 24.1 Å². The Labute approximate surface area is 123 Å². The number of methoxy groups -OCH3 is 1. The van der Waals surface area contributed by atoms with Crippen LogP contribution in [0.2, 0.25) is 0 Å². The van der Waals surface area contributed by atoms with Gasteiger partial charge in [-0.1, -0.05) is 18.7 Å². The zero-order valence-electron chi connectivity index (χ0n) is 11.9. The Morgan fingerprint density at radius 3 is 2.48 bits per heavy atom. The molecule has 21 heavy (non-hydrogen) atoms. The summed E-state index contributed by atoms with van der Waals surface area (Å²) in [6, 6.07) is 6.39. The number of benzene rings is 1. The average molecular weight is 293 g/mol. The summed E-state index contributed by atoms with van der Waals surface area (Å²) in [6.07, 6.45) is 0.232. The lowest BCUT2D eigenvalue weighted by Gasteiger charge is -2.11. The van der Waals surface area contributed by atoms with Gasteiger partial charge in [0.1, 0.15) is 12.4 Å². The molecular formula is C15H19NO5. The molecule has 0 aliphatic rings. The van der Waals surface area contributed by atoms with Crippen molar-refractivity contribution in [1.82, 2.24) is 0 Å². The Hall–Kier alpha value is -2.34. The van der Waals surface area contributed by atoms with E-state index in [1.165, 1.54) is 0 Å². The molecule has 1 atom stereocenters. The van der Waals surface area contributed by atoms with E-state index >= 15 is 0 Å². The molecule has 114 valence electrons. The molecule has 3 N–H and O–H groups in total. The smallest absolute Gasteiger partial charge is 0.332 e. The molecule has 0 aliphatic carbocycles. The molecule has 1 aromatic rings. The van der Waals surface area contributed by atoms with Gasteiger partial charge in [0.05, 0.1) is 7.11 Å². The lowest BCUT2D eigenvalue weighted by molar-refractivity contribution is -0.145. The second-order valence-corrected chi connectivity index (χ2v) is 4.48. The Morgan fingerprint density at radius 1 is 1.33 bits per heavy atom. The third kappa shape index (κ3) is 5.66. The Morgan fingerprint density at radius 2 is 1.95 bits per heavy atom. The first-order valence-electron chi connectivity index (χ1n) is 6.40. The summed E-state index contributed by atoms with van der Waals surface area (Å²) >= 11 is 0. The highest BCUT2D eigenvalue weighted by Crippen LogP contribution is 2.12. The maximum Gasteiger partial charge on any atom is 0.332 e. The van der Waals surface area contributed by atoms with E-state index in [1.54, 1.807) is 31.4 Å². The van der Waals surface area contributed by atoms with Gasteiger partial charge < -0.3 is 20.3 Å². The van der Waals surface area contributed by atoms with Crippen LogP contribution in [-0.2, 0) is 20.9 Å². The molecule has 0 amide bonds. The van der Waals surface area contributed by atoms with Crippen LogP contribution in [0.1, 0.15) is 18.4 Å². The van der Waals surface area contributed by atoms with Crippen LogP contribution < -0.4 is 10.5 Å². The maximum absolute atomic E-state index is 11.6. The zero-order chi connectivity index (χ0) is 15.8. The van der Waals surface area contributed by atoms with Gasteiger partial charge in [-0.2, -0.15) is 0 Å². The van der Waals surface area contributed by atoms with E-state index in [0.29, 0.717) is 0 Å².